The number of rotatable bonds is 6. The Morgan fingerprint density at radius 1 is 1.06 bits per heavy atom. The van der Waals surface area contributed by atoms with Gasteiger partial charge in [0.25, 0.3) is 0 Å². The van der Waals surface area contributed by atoms with Crippen molar-refractivity contribution in [1.29, 1.82) is 5.41 Å². The van der Waals surface area contributed by atoms with E-state index in [2.05, 4.69) is 10.3 Å². The summed E-state index contributed by atoms with van der Waals surface area (Å²) in [5.41, 5.74) is 10.6. The van der Waals surface area contributed by atoms with Gasteiger partial charge in [0.2, 0.25) is 10.0 Å². The van der Waals surface area contributed by atoms with Gasteiger partial charge in [-0.1, -0.05) is 24.3 Å². The van der Waals surface area contributed by atoms with Crippen LogP contribution in [0, 0.1) is 5.41 Å². The summed E-state index contributed by atoms with van der Waals surface area (Å²) in [7, 11) is -1.71. The van der Waals surface area contributed by atoms with Crippen molar-refractivity contribution in [3.05, 3.63) is 89.2 Å². The third kappa shape index (κ3) is 4.25. The highest BCUT2D eigenvalue weighted by Crippen LogP contribution is 2.30. The van der Waals surface area contributed by atoms with Crippen LogP contribution in [0.2, 0.25) is 0 Å². The zero-order valence-electron chi connectivity index (χ0n) is 18.5. The van der Waals surface area contributed by atoms with Crippen LogP contribution in [-0.2, 0) is 36.7 Å². The molecule has 1 aliphatic rings. The van der Waals surface area contributed by atoms with Gasteiger partial charge in [-0.25, -0.2) is 13.4 Å². The Balaban J connectivity index is 0.00000274. The van der Waals surface area contributed by atoms with Gasteiger partial charge in [0.15, 0.2) is 0 Å². The molecule has 0 amide bonds. The number of nitrogen functional groups attached to an aromatic ring is 1. The van der Waals surface area contributed by atoms with E-state index in [-0.39, 0.29) is 23.1 Å². The SMILES string of the molecule is Cl.Cn1c(CNc2ccc(C(=N)N)cc2)nc2cc(S(=O)(=O)N3Cc4ccccc4C3)ccc21. The average Bonchev–Trinajstić information content (AvgIpc) is 3.39. The van der Waals surface area contributed by atoms with Crippen LogP contribution in [-0.4, -0.2) is 28.1 Å². The summed E-state index contributed by atoms with van der Waals surface area (Å²) in [5, 5.41) is 10.8. The average molecular weight is 497 g/mol. The molecule has 0 atom stereocenters. The Labute approximate surface area is 204 Å². The number of hydrogen-bond acceptors (Lipinski definition) is 5. The van der Waals surface area contributed by atoms with E-state index < -0.39 is 10.0 Å². The molecule has 8 nitrogen and oxygen atoms in total. The third-order valence-electron chi connectivity index (χ3n) is 6.04. The number of fused-ring (bicyclic) bond motifs is 2. The number of sulfonamides is 1. The van der Waals surface area contributed by atoms with Gasteiger partial charge in [-0.2, -0.15) is 4.31 Å². The molecule has 1 aliphatic heterocycles. The largest absolute Gasteiger partial charge is 0.384 e. The summed E-state index contributed by atoms with van der Waals surface area (Å²) in [6, 6.07) is 20.2. The zero-order chi connectivity index (χ0) is 23.2. The highest BCUT2D eigenvalue weighted by molar-refractivity contribution is 7.89. The van der Waals surface area contributed by atoms with Crippen LogP contribution in [0.3, 0.4) is 0 Å². The first-order valence-corrected chi connectivity index (χ1v) is 12.0. The van der Waals surface area contributed by atoms with Crippen LogP contribution in [0.4, 0.5) is 5.69 Å². The first kappa shape index (κ1) is 23.7. The van der Waals surface area contributed by atoms with Gasteiger partial charge in [0.05, 0.1) is 22.5 Å². The predicted molar refractivity (Wildman–Crippen MR) is 136 cm³/mol. The Morgan fingerprint density at radius 2 is 1.71 bits per heavy atom. The quantitative estimate of drug-likeness (QED) is 0.278. The van der Waals surface area contributed by atoms with Gasteiger partial charge in [0, 0.05) is 31.4 Å². The van der Waals surface area contributed by atoms with E-state index in [0.29, 0.717) is 30.7 Å². The number of aryl methyl sites for hydroxylation is 1. The van der Waals surface area contributed by atoms with Gasteiger partial charge < -0.3 is 15.6 Å². The molecule has 0 spiro atoms. The second-order valence-corrected chi connectivity index (χ2v) is 10.1. The summed E-state index contributed by atoms with van der Waals surface area (Å²) in [5.74, 6) is 0.809. The lowest BCUT2D eigenvalue weighted by Crippen LogP contribution is -2.25. The number of nitrogens with two attached hydrogens (primary N) is 1. The molecule has 0 radical (unpaired) electrons. The summed E-state index contributed by atoms with van der Waals surface area (Å²) < 4.78 is 30.0. The molecule has 4 N–H and O–H groups in total. The van der Waals surface area contributed by atoms with Crippen molar-refractivity contribution in [2.24, 2.45) is 12.8 Å². The molecule has 0 bridgehead atoms. The number of benzene rings is 3. The van der Waals surface area contributed by atoms with Crippen LogP contribution in [0.1, 0.15) is 22.5 Å². The molecule has 0 aliphatic carbocycles. The van der Waals surface area contributed by atoms with Crippen molar-refractivity contribution in [2.75, 3.05) is 5.32 Å². The van der Waals surface area contributed by atoms with Crippen molar-refractivity contribution in [1.82, 2.24) is 13.9 Å². The Kier molecular flexibility index (Phi) is 6.35. The predicted octanol–water partition coefficient (Wildman–Crippen LogP) is 3.60. The number of aromatic nitrogens is 2. The Bertz CT molecular complexity index is 1460. The molecule has 4 aromatic rings. The molecule has 0 unspecified atom stereocenters. The molecule has 1 aromatic heterocycles. The van der Waals surface area contributed by atoms with Crippen molar-refractivity contribution < 1.29 is 8.42 Å². The van der Waals surface area contributed by atoms with Crippen LogP contribution >= 0.6 is 12.4 Å². The minimum atomic E-state index is -3.63. The van der Waals surface area contributed by atoms with Crippen molar-refractivity contribution in [2.45, 2.75) is 24.5 Å². The van der Waals surface area contributed by atoms with E-state index in [1.807, 2.05) is 54.1 Å². The molecular formula is C24H25ClN6O2S. The van der Waals surface area contributed by atoms with Crippen molar-refractivity contribution in [3.63, 3.8) is 0 Å². The summed E-state index contributed by atoms with van der Waals surface area (Å²) in [4.78, 5) is 4.93. The fraction of sp³-hybridized carbons (Fsp3) is 0.167. The minimum Gasteiger partial charge on any atom is -0.384 e. The lowest BCUT2D eigenvalue weighted by atomic mass is 10.1. The minimum absolute atomic E-state index is 0. The number of amidine groups is 1. The number of nitrogens with one attached hydrogen (secondary N) is 2. The topological polar surface area (TPSA) is 117 Å². The van der Waals surface area contributed by atoms with Gasteiger partial charge in [0.1, 0.15) is 11.7 Å². The second kappa shape index (κ2) is 9.09. The first-order chi connectivity index (χ1) is 15.8. The third-order valence-corrected chi connectivity index (χ3v) is 7.83. The van der Waals surface area contributed by atoms with E-state index in [0.717, 1.165) is 28.2 Å². The highest BCUT2D eigenvalue weighted by Gasteiger charge is 2.30. The van der Waals surface area contributed by atoms with Crippen LogP contribution in [0.5, 0.6) is 0 Å². The smallest absolute Gasteiger partial charge is 0.243 e. The number of halogens is 1. The van der Waals surface area contributed by atoms with Gasteiger partial charge >= 0.3 is 0 Å². The molecule has 0 fully saturated rings. The molecule has 176 valence electrons. The number of nitrogens with zero attached hydrogens (tertiary/aromatic N) is 3. The Hall–Kier alpha value is -3.40. The van der Waals surface area contributed by atoms with E-state index in [9.17, 15) is 8.42 Å². The summed E-state index contributed by atoms with van der Waals surface area (Å²) in [6.45, 7) is 1.24. The molecule has 5 rings (SSSR count). The van der Waals surface area contributed by atoms with Crippen molar-refractivity contribution >= 4 is 45.0 Å². The number of anilines is 1. The van der Waals surface area contributed by atoms with E-state index >= 15 is 0 Å². The van der Waals surface area contributed by atoms with E-state index in [1.54, 1.807) is 24.3 Å². The van der Waals surface area contributed by atoms with E-state index in [4.69, 9.17) is 11.1 Å². The number of imidazole rings is 1. The summed E-state index contributed by atoms with van der Waals surface area (Å²) in [6.07, 6.45) is 0. The summed E-state index contributed by atoms with van der Waals surface area (Å²) >= 11 is 0. The zero-order valence-corrected chi connectivity index (χ0v) is 20.2. The van der Waals surface area contributed by atoms with Crippen LogP contribution in [0.15, 0.2) is 71.6 Å². The van der Waals surface area contributed by atoms with Crippen LogP contribution < -0.4 is 11.1 Å². The maximum atomic E-state index is 13.3. The molecule has 0 saturated carbocycles. The molecule has 34 heavy (non-hydrogen) atoms. The molecule has 10 heteroatoms. The fourth-order valence-electron chi connectivity index (χ4n) is 4.12. The molecule has 3 aromatic carbocycles. The lowest BCUT2D eigenvalue weighted by molar-refractivity contribution is 0.431. The number of hydrogen-bond donors (Lipinski definition) is 3. The second-order valence-electron chi connectivity index (χ2n) is 8.12. The molecular weight excluding hydrogens is 472 g/mol. The monoisotopic (exact) mass is 496 g/mol. The normalized spacial score (nSPS) is 13.4. The fourth-order valence-corrected chi connectivity index (χ4v) is 5.53. The lowest BCUT2D eigenvalue weighted by Gasteiger charge is -2.15. The van der Waals surface area contributed by atoms with Gasteiger partial charge in [-0.3, -0.25) is 5.41 Å². The standard InChI is InChI=1S/C24H24N6O2S.ClH/c1-29-22-11-10-20(33(31,32)30-14-17-4-2-3-5-18(17)15-30)12-21(22)28-23(29)13-27-19-8-6-16(7-9-19)24(25)26;/h2-12,27H,13-15H2,1H3,(H3,25,26);1H. The van der Waals surface area contributed by atoms with Crippen LogP contribution in [0.25, 0.3) is 11.0 Å². The Morgan fingerprint density at radius 3 is 2.32 bits per heavy atom. The van der Waals surface area contributed by atoms with E-state index in [1.165, 1.54) is 4.31 Å². The van der Waals surface area contributed by atoms with Gasteiger partial charge in [-0.15, -0.1) is 12.4 Å². The van der Waals surface area contributed by atoms with Gasteiger partial charge in [-0.05, 0) is 53.6 Å². The molecule has 0 saturated heterocycles. The van der Waals surface area contributed by atoms with Crippen molar-refractivity contribution in [3.8, 4) is 0 Å². The first-order valence-electron chi connectivity index (χ1n) is 10.5. The maximum Gasteiger partial charge on any atom is 0.243 e. The highest BCUT2D eigenvalue weighted by atomic mass is 35.5. The maximum absolute atomic E-state index is 13.3. The molecule has 2 heterocycles.